The van der Waals surface area contributed by atoms with E-state index < -0.39 is 0 Å². The molecule has 1 heterocycles. The van der Waals surface area contributed by atoms with Gasteiger partial charge in [-0.05, 0) is 37.7 Å². The van der Waals surface area contributed by atoms with Gasteiger partial charge >= 0.3 is 0 Å². The maximum absolute atomic E-state index is 14.2. The number of halogens is 2. The molecule has 2 nitrogen and oxygen atoms in total. The molecule has 110 valence electrons. The molecule has 0 amide bonds. The van der Waals surface area contributed by atoms with Gasteiger partial charge in [-0.3, -0.25) is 0 Å². The molecule has 0 spiro atoms. The molecule has 0 saturated heterocycles. The summed E-state index contributed by atoms with van der Waals surface area (Å²) in [5.74, 6) is 0.603. The lowest BCUT2D eigenvalue weighted by atomic mass is 9.94. The number of nitrogens with one attached hydrogen (secondary N) is 1. The van der Waals surface area contributed by atoms with E-state index in [2.05, 4.69) is 5.32 Å². The van der Waals surface area contributed by atoms with Crippen molar-refractivity contribution in [2.75, 3.05) is 13.7 Å². The van der Waals surface area contributed by atoms with Crippen molar-refractivity contribution in [3.05, 3.63) is 63.4 Å². The average Bonchev–Trinajstić information content (AvgIpc) is 2.91. The van der Waals surface area contributed by atoms with Crippen molar-refractivity contribution in [3.8, 4) is 5.75 Å². The van der Waals surface area contributed by atoms with Gasteiger partial charge in [-0.1, -0.05) is 29.3 Å². The van der Waals surface area contributed by atoms with Crippen LogP contribution in [0.2, 0.25) is 5.02 Å². The van der Waals surface area contributed by atoms with Crippen LogP contribution in [0.3, 0.4) is 0 Å². The normalized spacial score (nSPS) is 14.7. The summed E-state index contributed by atoms with van der Waals surface area (Å²) in [6, 6.07) is 8.63. The first-order valence-corrected chi connectivity index (χ1v) is 7.36. The van der Waals surface area contributed by atoms with Crippen LogP contribution in [0.15, 0.2) is 30.3 Å². The largest absolute Gasteiger partial charge is 0.493 e. The second-order valence-corrected chi connectivity index (χ2v) is 5.76. The summed E-state index contributed by atoms with van der Waals surface area (Å²) in [6.07, 6.45) is 0.843. The molecule has 1 N–H and O–H groups in total. The number of rotatable bonds is 3. The Morgan fingerprint density at radius 1 is 1.24 bits per heavy atom. The Hall–Kier alpha value is -1.58. The zero-order valence-corrected chi connectivity index (χ0v) is 12.8. The fourth-order valence-electron chi connectivity index (χ4n) is 2.88. The molecule has 2 aromatic rings. The first-order chi connectivity index (χ1) is 10.1. The first kappa shape index (κ1) is 14.4. The van der Waals surface area contributed by atoms with Crippen LogP contribution in [0.25, 0.3) is 0 Å². The van der Waals surface area contributed by atoms with Gasteiger partial charge in [-0.2, -0.15) is 0 Å². The molecule has 1 aliphatic heterocycles. The second kappa shape index (κ2) is 5.66. The molecule has 1 aliphatic rings. The molecule has 0 aromatic heterocycles. The third-order valence-corrected chi connectivity index (χ3v) is 4.06. The van der Waals surface area contributed by atoms with E-state index in [4.69, 9.17) is 16.3 Å². The van der Waals surface area contributed by atoms with E-state index in [9.17, 15) is 4.39 Å². The average molecular weight is 306 g/mol. The third kappa shape index (κ3) is 2.63. The summed E-state index contributed by atoms with van der Waals surface area (Å²) < 4.78 is 20.0. The van der Waals surface area contributed by atoms with E-state index >= 15 is 0 Å². The van der Waals surface area contributed by atoms with E-state index in [1.54, 1.807) is 6.07 Å². The number of hydrogen-bond donors (Lipinski definition) is 1. The predicted molar refractivity (Wildman–Crippen MR) is 82.7 cm³/mol. The highest BCUT2D eigenvalue weighted by molar-refractivity contribution is 6.30. The van der Waals surface area contributed by atoms with Gasteiger partial charge in [0, 0.05) is 22.6 Å². The van der Waals surface area contributed by atoms with Crippen molar-refractivity contribution < 1.29 is 9.13 Å². The minimum atomic E-state index is -0.282. The summed E-state index contributed by atoms with van der Waals surface area (Å²) in [5.41, 5.74) is 3.61. The van der Waals surface area contributed by atoms with E-state index in [1.165, 1.54) is 6.07 Å². The topological polar surface area (TPSA) is 21.3 Å². The summed E-state index contributed by atoms with van der Waals surface area (Å²) in [5, 5.41) is 3.84. The van der Waals surface area contributed by atoms with E-state index in [1.807, 2.05) is 32.2 Å². The zero-order valence-electron chi connectivity index (χ0n) is 12.0. The van der Waals surface area contributed by atoms with Crippen molar-refractivity contribution in [2.45, 2.75) is 19.4 Å². The second-order valence-electron chi connectivity index (χ2n) is 5.33. The Bertz CT molecular complexity index is 687. The lowest BCUT2D eigenvalue weighted by Gasteiger charge is -2.21. The molecular weight excluding hydrogens is 289 g/mol. The van der Waals surface area contributed by atoms with Crippen molar-refractivity contribution in [3.63, 3.8) is 0 Å². The van der Waals surface area contributed by atoms with Crippen molar-refractivity contribution in [2.24, 2.45) is 0 Å². The molecule has 21 heavy (non-hydrogen) atoms. The Morgan fingerprint density at radius 2 is 2.05 bits per heavy atom. The number of aryl methyl sites for hydroxylation is 1. The van der Waals surface area contributed by atoms with Crippen LogP contribution in [-0.2, 0) is 6.42 Å². The van der Waals surface area contributed by atoms with Gasteiger partial charge in [0.2, 0.25) is 0 Å². The smallest absolute Gasteiger partial charge is 0.128 e. The van der Waals surface area contributed by atoms with E-state index in [0.29, 0.717) is 17.2 Å². The Labute approximate surface area is 128 Å². The Balaban J connectivity index is 2.15. The maximum Gasteiger partial charge on any atom is 0.128 e. The first-order valence-electron chi connectivity index (χ1n) is 6.98. The van der Waals surface area contributed by atoms with Gasteiger partial charge in [-0.25, -0.2) is 4.39 Å². The molecule has 0 saturated carbocycles. The fourth-order valence-corrected chi connectivity index (χ4v) is 3.12. The highest BCUT2D eigenvalue weighted by Crippen LogP contribution is 2.39. The standard InChI is InChI=1S/C17H17ClFNO/c1-10-3-4-15(19)13(7-10)16(20-2)14-9-12(18)8-11-5-6-21-17(11)14/h3-4,7-9,16,20H,5-6H2,1-2H3. The molecule has 1 unspecified atom stereocenters. The molecule has 3 rings (SSSR count). The molecule has 0 aliphatic carbocycles. The molecule has 4 heteroatoms. The number of hydrogen-bond acceptors (Lipinski definition) is 2. The van der Waals surface area contributed by atoms with Gasteiger partial charge < -0.3 is 10.1 Å². The van der Waals surface area contributed by atoms with Crippen LogP contribution in [0, 0.1) is 12.7 Å². The van der Waals surface area contributed by atoms with Crippen LogP contribution in [0.5, 0.6) is 5.75 Å². The summed E-state index contributed by atoms with van der Waals surface area (Å²) in [4.78, 5) is 0. The van der Waals surface area contributed by atoms with Crippen LogP contribution in [0.1, 0.15) is 28.3 Å². The Morgan fingerprint density at radius 3 is 2.81 bits per heavy atom. The van der Waals surface area contributed by atoms with Crippen molar-refractivity contribution in [1.29, 1.82) is 0 Å². The highest BCUT2D eigenvalue weighted by atomic mass is 35.5. The maximum atomic E-state index is 14.2. The quantitative estimate of drug-likeness (QED) is 0.924. The number of benzene rings is 2. The van der Waals surface area contributed by atoms with Crippen molar-refractivity contribution in [1.82, 2.24) is 5.32 Å². The summed E-state index contributed by atoms with van der Waals surface area (Å²) in [7, 11) is 1.81. The molecule has 0 fully saturated rings. The minimum absolute atomic E-state index is 0.230. The van der Waals surface area contributed by atoms with E-state index in [0.717, 1.165) is 28.9 Å². The number of ether oxygens (including phenoxy) is 1. The van der Waals surface area contributed by atoms with Gasteiger partial charge in [-0.15, -0.1) is 0 Å². The zero-order chi connectivity index (χ0) is 15.0. The molecule has 0 bridgehead atoms. The predicted octanol–water partition coefficient (Wildman–Crippen LogP) is 4.03. The van der Waals surface area contributed by atoms with Gasteiger partial charge in [0.25, 0.3) is 0 Å². The molecule has 2 aromatic carbocycles. The van der Waals surface area contributed by atoms with E-state index in [-0.39, 0.29) is 11.9 Å². The van der Waals surface area contributed by atoms with Gasteiger partial charge in [0.05, 0.1) is 12.6 Å². The third-order valence-electron chi connectivity index (χ3n) is 3.84. The van der Waals surface area contributed by atoms with Crippen LogP contribution < -0.4 is 10.1 Å². The SMILES string of the molecule is CNC(c1cc(C)ccc1F)c1cc(Cl)cc2c1OCC2. The molecule has 0 radical (unpaired) electrons. The lowest BCUT2D eigenvalue weighted by Crippen LogP contribution is -2.20. The van der Waals surface area contributed by atoms with Crippen LogP contribution >= 0.6 is 11.6 Å². The van der Waals surface area contributed by atoms with Gasteiger partial charge in [0.1, 0.15) is 11.6 Å². The van der Waals surface area contributed by atoms with Crippen LogP contribution in [-0.4, -0.2) is 13.7 Å². The molecule has 1 atom stereocenters. The number of fused-ring (bicyclic) bond motifs is 1. The highest BCUT2D eigenvalue weighted by Gasteiger charge is 2.25. The monoisotopic (exact) mass is 305 g/mol. The lowest BCUT2D eigenvalue weighted by molar-refractivity contribution is 0.350. The fraction of sp³-hybridized carbons (Fsp3) is 0.294. The van der Waals surface area contributed by atoms with Crippen LogP contribution in [0.4, 0.5) is 4.39 Å². The van der Waals surface area contributed by atoms with Gasteiger partial charge in [0.15, 0.2) is 0 Å². The summed E-state index contributed by atoms with van der Waals surface area (Å²) in [6.45, 7) is 2.60. The molecular formula is C17H17ClFNO. The minimum Gasteiger partial charge on any atom is -0.493 e. The Kier molecular flexibility index (Phi) is 3.87. The van der Waals surface area contributed by atoms with Crippen molar-refractivity contribution >= 4 is 11.6 Å². The summed E-state index contributed by atoms with van der Waals surface area (Å²) >= 11 is 6.21.